The molecule has 120 valence electrons. The van der Waals surface area contributed by atoms with Crippen LogP contribution in [0.25, 0.3) is 11.4 Å². The number of halogens is 1. The van der Waals surface area contributed by atoms with Crippen LogP contribution in [0, 0.1) is 5.82 Å². The maximum Gasteiger partial charge on any atom is 0.261 e. The maximum absolute atomic E-state index is 12.8. The van der Waals surface area contributed by atoms with Crippen LogP contribution in [-0.2, 0) is 6.54 Å². The van der Waals surface area contributed by atoms with E-state index in [-0.39, 0.29) is 17.9 Å². The fourth-order valence-electron chi connectivity index (χ4n) is 2.20. The molecule has 2 aromatic heterocycles. The number of H-pyrrole nitrogens is 1. The molecular weight excluding hydrogens is 309 g/mol. The number of hydrogen-bond acceptors (Lipinski definition) is 3. The van der Waals surface area contributed by atoms with Crippen molar-refractivity contribution >= 4 is 5.91 Å². The summed E-state index contributed by atoms with van der Waals surface area (Å²) in [6.07, 6.45) is 1.62. The summed E-state index contributed by atoms with van der Waals surface area (Å²) >= 11 is 0. The van der Waals surface area contributed by atoms with Crippen LogP contribution in [0.1, 0.15) is 15.9 Å². The van der Waals surface area contributed by atoms with Gasteiger partial charge >= 0.3 is 0 Å². The molecule has 0 fully saturated rings. The molecule has 2 N–H and O–H groups in total. The zero-order valence-corrected chi connectivity index (χ0v) is 12.6. The van der Waals surface area contributed by atoms with Crippen molar-refractivity contribution in [3.8, 4) is 11.4 Å². The summed E-state index contributed by atoms with van der Waals surface area (Å²) in [5.74, 6) is -0.834. The molecule has 5 nitrogen and oxygen atoms in total. The second-order valence-corrected chi connectivity index (χ2v) is 5.14. The minimum atomic E-state index is -0.492. The number of aromatic nitrogens is 2. The van der Waals surface area contributed by atoms with E-state index in [0.29, 0.717) is 11.4 Å². The van der Waals surface area contributed by atoms with E-state index in [1.807, 2.05) is 6.07 Å². The Balaban J connectivity index is 1.73. The molecule has 0 saturated heterocycles. The zero-order chi connectivity index (χ0) is 16.9. The van der Waals surface area contributed by atoms with Crippen LogP contribution >= 0.6 is 0 Å². The van der Waals surface area contributed by atoms with Gasteiger partial charge in [0.15, 0.2) is 0 Å². The predicted octanol–water partition coefficient (Wildman–Crippen LogP) is 2.51. The molecular formula is C18H14FN3O2. The molecule has 6 heteroatoms. The monoisotopic (exact) mass is 323 g/mol. The highest BCUT2D eigenvalue weighted by atomic mass is 19.1. The van der Waals surface area contributed by atoms with Crippen LogP contribution in [-0.4, -0.2) is 15.9 Å². The molecule has 0 aliphatic rings. The highest BCUT2D eigenvalue weighted by Gasteiger charge is 2.11. The van der Waals surface area contributed by atoms with E-state index in [0.717, 1.165) is 5.56 Å². The van der Waals surface area contributed by atoms with Gasteiger partial charge in [-0.25, -0.2) is 4.39 Å². The second kappa shape index (κ2) is 6.87. The molecule has 0 bridgehead atoms. The fourth-order valence-corrected chi connectivity index (χ4v) is 2.20. The summed E-state index contributed by atoms with van der Waals surface area (Å²) in [7, 11) is 0. The summed E-state index contributed by atoms with van der Waals surface area (Å²) in [6, 6.07) is 14.2. The predicted molar refractivity (Wildman–Crippen MR) is 87.9 cm³/mol. The lowest BCUT2D eigenvalue weighted by atomic mass is 10.2. The molecule has 0 aliphatic carbocycles. The van der Waals surface area contributed by atoms with Crippen molar-refractivity contribution in [2.45, 2.75) is 6.54 Å². The number of benzene rings is 1. The van der Waals surface area contributed by atoms with E-state index in [2.05, 4.69) is 15.3 Å². The van der Waals surface area contributed by atoms with E-state index in [4.69, 9.17) is 0 Å². The van der Waals surface area contributed by atoms with Gasteiger partial charge in [0.2, 0.25) is 0 Å². The lowest BCUT2D eigenvalue weighted by molar-refractivity contribution is 0.0949. The Hall–Kier alpha value is -3.28. The number of rotatable bonds is 4. The van der Waals surface area contributed by atoms with Crippen LogP contribution in [0.5, 0.6) is 0 Å². The molecule has 0 aliphatic heterocycles. The van der Waals surface area contributed by atoms with Gasteiger partial charge < -0.3 is 10.3 Å². The summed E-state index contributed by atoms with van der Waals surface area (Å²) in [5.41, 5.74) is 1.42. The van der Waals surface area contributed by atoms with Gasteiger partial charge in [0, 0.05) is 12.7 Å². The first-order valence-corrected chi connectivity index (χ1v) is 7.31. The molecule has 1 amide bonds. The lowest BCUT2D eigenvalue weighted by Crippen LogP contribution is -2.29. The average molecular weight is 323 g/mol. The summed E-state index contributed by atoms with van der Waals surface area (Å²) in [4.78, 5) is 31.0. The van der Waals surface area contributed by atoms with Crippen LogP contribution < -0.4 is 10.9 Å². The van der Waals surface area contributed by atoms with Crippen molar-refractivity contribution in [2.75, 3.05) is 0 Å². The largest absolute Gasteiger partial charge is 0.348 e. The number of hydrogen-bond donors (Lipinski definition) is 2. The zero-order valence-electron chi connectivity index (χ0n) is 12.6. The van der Waals surface area contributed by atoms with Crippen molar-refractivity contribution in [2.24, 2.45) is 0 Å². The minimum Gasteiger partial charge on any atom is -0.348 e. The first-order valence-electron chi connectivity index (χ1n) is 7.31. The quantitative estimate of drug-likeness (QED) is 0.775. The molecule has 24 heavy (non-hydrogen) atoms. The van der Waals surface area contributed by atoms with Gasteiger partial charge in [0.1, 0.15) is 11.4 Å². The average Bonchev–Trinajstić information content (AvgIpc) is 2.61. The molecule has 0 unspecified atom stereocenters. The van der Waals surface area contributed by atoms with E-state index >= 15 is 0 Å². The van der Waals surface area contributed by atoms with Crippen molar-refractivity contribution in [1.29, 1.82) is 0 Å². The standard InChI is InChI=1S/C18H14FN3O2/c19-13-6-4-12(5-7-13)11-21-17(23)14-8-9-16(22-18(14)24)15-3-1-2-10-20-15/h1-10H,11H2,(H,21,23)(H,22,24). The molecule has 3 rings (SSSR count). The molecule has 3 aromatic rings. The Bertz CT molecular complexity index is 906. The lowest BCUT2D eigenvalue weighted by Gasteiger charge is -2.06. The van der Waals surface area contributed by atoms with Crippen molar-refractivity contribution < 1.29 is 9.18 Å². The normalized spacial score (nSPS) is 10.4. The van der Waals surface area contributed by atoms with Crippen LogP contribution in [0.15, 0.2) is 65.6 Å². The van der Waals surface area contributed by atoms with Crippen molar-refractivity contribution in [3.05, 3.63) is 88.1 Å². The second-order valence-electron chi connectivity index (χ2n) is 5.14. The van der Waals surface area contributed by atoms with E-state index < -0.39 is 11.5 Å². The Morgan fingerprint density at radius 2 is 1.88 bits per heavy atom. The maximum atomic E-state index is 12.8. The van der Waals surface area contributed by atoms with Crippen LogP contribution in [0.4, 0.5) is 4.39 Å². The number of carbonyl (C=O) groups is 1. The van der Waals surface area contributed by atoms with Gasteiger partial charge in [-0.3, -0.25) is 14.6 Å². The number of pyridine rings is 2. The third-order valence-electron chi connectivity index (χ3n) is 3.46. The molecule has 1 aromatic carbocycles. The molecule has 0 saturated carbocycles. The highest BCUT2D eigenvalue weighted by molar-refractivity contribution is 5.94. The number of nitrogens with zero attached hydrogens (tertiary/aromatic N) is 1. The van der Waals surface area contributed by atoms with Crippen molar-refractivity contribution in [3.63, 3.8) is 0 Å². The Labute approximate surface area is 137 Å². The van der Waals surface area contributed by atoms with E-state index in [1.54, 1.807) is 36.5 Å². The summed E-state index contributed by atoms with van der Waals surface area (Å²) in [5, 5.41) is 2.64. The Morgan fingerprint density at radius 1 is 1.08 bits per heavy atom. The van der Waals surface area contributed by atoms with Crippen LogP contribution in [0.2, 0.25) is 0 Å². The van der Waals surface area contributed by atoms with Gasteiger partial charge in [-0.1, -0.05) is 18.2 Å². The SMILES string of the molecule is O=C(NCc1ccc(F)cc1)c1ccc(-c2ccccn2)[nH]c1=O. The molecule has 0 atom stereocenters. The molecule has 0 radical (unpaired) electrons. The fraction of sp³-hybridized carbons (Fsp3) is 0.0556. The summed E-state index contributed by atoms with van der Waals surface area (Å²) in [6.45, 7) is 0.209. The number of carbonyl (C=O) groups excluding carboxylic acids is 1. The van der Waals surface area contributed by atoms with Gasteiger partial charge in [-0.15, -0.1) is 0 Å². The van der Waals surface area contributed by atoms with Gasteiger partial charge in [0.05, 0.1) is 11.4 Å². The smallest absolute Gasteiger partial charge is 0.261 e. The van der Waals surface area contributed by atoms with Crippen LogP contribution in [0.3, 0.4) is 0 Å². The molecule has 2 heterocycles. The van der Waals surface area contributed by atoms with E-state index in [1.165, 1.54) is 18.2 Å². The minimum absolute atomic E-state index is 0.0109. The van der Waals surface area contributed by atoms with Gasteiger partial charge in [-0.2, -0.15) is 0 Å². The molecule has 0 spiro atoms. The highest BCUT2D eigenvalue weighted by Crippen LogP contribution is 2.11. The number of amides is 1. The van der Waals surface area contributed by atoms with Crippen molar-refractivity contribution in [1.82, 2.24) is 15.3 Å². The number of nitrogens with one attached hydrogen (secondary N) is 2. The van der Waals surface area contributed by atoms with Gasteiger partial charge in [-0.05, 0) is 42.0 Å². The van der Waals surface area contributed by atoms with E-state index in [9.17, 15) is 14.0 Å². The topological polar surface area (TPSA) is 74.8 Å². The number of aromatic amines is 1. The Morgan fingerprint density at radius 3 is 2.54 bits per heavy atom. The third-order valence-corrected chi connectivity index (χ3v) is 3.46. The first kappa shape index (κ1) is 15.6. The summed E-state index contributed by atoms with van der Waals surface area (Å²) < 4.78 is 12.8. The Kier molecular flexibility index (Phi) is 4.47. The first-order chi connectivity index (χ1) is 11.6. The third kappa shape index (κ3) is 3.55. The van der Waals surface area contributed by atoms with Gasteiger partial charge in [0.25, 0.3) is 11.5 Å².